The van der Waals surface area contributed by atoms with E-state index in [4.69, 9.17) is 0 Å². The monoisotopic (exact) mass is 331 g/mol. The van der Waals surface area contributed by atoms with E-state index in [1.165, 1.54) is 5.56 Å². The van der Waals surface area contributed by atoms with Crippen LogP contribution in [0.3, 0.4) is 0 Å². The third kappa shape index (κ3) is 4.37. The SMILES string of the molecule is O=C(C1CCC(O)CC1)N1CCC(C(O)Cc2ccccc2)CC1. The van der Waals surface area contributed by atoms with Crippen LogP contribution in [-0.2, 0) is 11.2 Å². The smallest absolute Gasteiger partial charge is 0.225 e. The molecule has 2 N–H and O–H groups in total. The summed E-state index contributed by atoms with van der Waals surface area (Å²) in [5, 5.41) is 20.1. The normalized spacial score (nSPS) is 27.0. The fraction of sp³-hybridized carbons (Fsp3) is 0.650. The quantitative estimate of drug-likeness (QED) is 0.890. The summed E-state index contributed by atoms with van der Waals surface area (Å²) in [7, 11) is 0. The Morgan fingerprint density at radius 2 is 1.67 bits per heavy atom. The fourth-order valence-electron chi connectivity index (χ4n) is 4.11. The number of aliphatic hydroxyl groups is 2. The van der Waals surface area contributed by atoms with Crippen molar-refractivity contribution in [2.45, 2.75) is 57.2 Å². The first-order valence-corrected chi connectivity index (χ1v) is 9.32. The van der Waals surface area contributed by atoms with Crippen molar-refractivity contribution in [3.8, 4) is 0 Å². The van der Waals surface area contributed by atoms with Crippen molar-refractivity contribution >= 4 is 5.91 Å². The molecule has 1 amide bonds. The van der Waals surface area contributed by atoms with Crippen LogP contribution < -0.4 is 0 Å². The van der Waals surface area contributed by atoms with Gasteiger partial charge in [0, 0.05) is 19.0 Å². The number of piperidine rings is 1. The molecule has 0 spiro atoms. The Morgan fingerprint density at radius 1 is 1.04 bits per heavy atom. The molecule has 1 heterocycles. The minimum atomic E-state index is -0.325. The zero-order valence-corrected chi connectivity index (χ0v) is 14.3. The van der Waals surface area contributed by atoms with Gasteiger partial charge in [-0.05, 0) is 56.4 Å². The van der Waals surface area contributed by atoms with E-state index in [-0.39, 0.29) is 30.0 Å². The van der Waals surface area contributed by atoms with Crippen LogP contribution in [0.25, 0.3) is 0 Å². The predicted octanol–water partition coefficient (Wildman–Crippen LogP) is 2.38. The molecule has 0 bridgehead atoms. The van der Waals surface area contributed by atoms with E-state index in [0.29, 0.717) is 6.42 Å². The van der Waals surface area contributed by atoms with Crippen molar-refractivity contribution < 1.29 is 15.0 Å². The predicted molar refractivity (Wildman–Crippen MR) is 93.4 cm³/mol. The van der Waals surface area contributed by atoms with Crippen LogP contribution in [-0.4, -0.2) is 46.3 Å². The summed E-state index contributed by atoms with van der Waals surface area (Å²) in [6.45, 7) is 1.52. The van der Waals surface area contributed by atoms with Crippen LogP contribution in [0.4, 0.5) is 0 Å². The second-order valence-corrected chi connectivity index (χ2v) is 7.43. The second kappa shape index (κ2) is 8.13. The molecule has 1 atom stereocenters. The van der Waals surface area contributed by atoms with Crippen LogP contribution >= 0.6 is 0 Å². The van der Waals surface area contributed by atoms with Gasteiger partial charge in [0.05, 0.1) is 12.2 Å². The maximum Gasteiger partial charge on any atom is 0.225 e. The molecule has 1 unspecified atom stereocenters. The molecular formula is C20H29NO3. The average Bonchev–Trinajstić information content (AvgIpc) is 2.63. The summed E-state index contributed by atoms with van der Waals surface area (Å²) in [5.74, 6) is 0.638. The van der Waals surface area contributed by atoms with E-state index in [0.717, 1.165) is 51.6 Å². The summed E-state index contributed by atoms with van der Waals surface area (Å²) >= 11 is 0. The van der Waals surface area contributed by atoms with Crippen molar-refractivity contribution in [2.75, 3.05) is 13.1 Å². The first-order valence-electron chi connectivity index (χ1n) is 9.32. The summed E-state index contributed by atoms with van der Waals surface area (Å²) < 4.78 is 0. The maximum absolute atomic E-state index is 12.6. The van der Waals surface area contributed by atoms with Crippen LogP contribution in [0, 0.1) is 11.8 Å². The van der Waals surface area contributed by atoms with Gasteiger partial charge in [-0.15, -0.1) is 0 Å². The number of carbonyl (C=O) groups excluding carboxylic acids is 1. The molecule has 1 aliphatic carbocycles. The fourth-order valence-corrected chi connectivity index (χ4v) is 4.11. The number of rotatable bonds is 4. The lowest BCUT2D eigenvalue weighted by Crippen LogP contribution is -2.45. The first kappa shape index (κ1) is 17.4. The Bertz CT molecular complexity index is 517. The maximum atomic E-state index is 12.6. The van der Waals surface area contributed by atoms with Crippen LogP contribution in [0.2, 0.25) is 0 Å². The van der Waals surface area contributed by atoms with Crippen molar-refractivity contribution in [1.82, 2.24) is 4.90 Å². The van der Waals surface area contributed by atoms with E-state index in [1.807, 2.05) is 23.1 Å². The van der Waals surface area contributed by atoms with Gasteiger partial charge in [0.1, 0.15) is 0 Å². The molecule has 2 fully saturated rings. The third-order valence-corrected chi connectivity index (χ3v) is 5.73. The minimum Gasteiger partial charge on any atom is -0.393 e. The first-order chi connectivity index (χ1) is 11.6. The highest BCUT2D eigenvalue weighted by atomic mass is 16.3. The molecule has 4 nitrogen and oxygen atoms in total. The molecular weight excluding hydrogens is 302 g/mol. The number of likely N-dealkylation sites (tertiary alicyclic amines) is 1. The summed E-state index contributed by atoms with van der Waals surface area (Å²) in [5.41, 5.74) is 1.17. The molecule has 4 heteroatoms. The van der Waals surface area contributed by atoms with Crippen molar-refractivity contribution in [2.24, 2.45) is 11.8 Å². The van der Waals surface area contributed by atoms with Gasteiger partial charge >= 0.3 is 0 Å². The largest absolute Gasteiger partial charge is 0.393 e. The van der Waals surface area contributed by atoms with E-state index in [2.05, 4.69) is 12.1 Å². The Morgan fingerprint density at radius 3 is 2.29 bits per heavy atom. The standard InChI is InChI=1S/C20H29NO3/c22-18-8-6-17(7-9-18)20(24)21-12-10-16(11-13-21)19(23)14-15-4-2-1-3-5-15/h1-5,16-19,22-23H,6-14H2. The molecule has 1 aliphatic heterocycles. The second-order valence-electron chi connectivity index (χ2n) is 7.43. The average molecular weight is 331 g/mol. The lowest BCUT2D eigenvalue weighted by molar-refractivity contribution is -0.139. The molecule has 0 aromatic heterocycles. The van der Waals surface area contributed by atoms with Crippen LogP contribution in [0.1, 0.15) is 44.1 Å². The summed E-state index contributed by atoms with van der Waals surface area (Å²) in [6.07, 6.45) is 5.06. The van der Waals surface area contributed by atoms with Gasteiger partial charge < -0.3 is 15.1 Å². The lowest BCUT2D eigenvalue weighted by Gasteiger charge is -2.37. The Balaban J connectivity index is 1.46. The number of benzene rings is 1. The highest BCUT2D eigenvalue weighted by Crippen LogP contribution is 2.29. The molecule has 132 valence electrons. The minimum absolute atomic E-state index is 0.0965. The Hall–Kier alpha value is -1.39. The molecule has 3 rings (SSSR count). The summed E-state index contributed by atoms with van der Waals surface area (Å²) in [4.78, 5) is 14.6. The van der Waals surface area contributed by atoms with Gasteiger partial charge in [0.2, 0.25) is 5.91 Å². The molecule has 1 saturated carbocycles. The zero-order valence-electron chi connectivity index (χ0n) is 14.3. The van der Waals surface area contributed by atoms with Crippen molar-refractivity contribution in [3.05, 3.63) is 35.9 Å². The van der Waals surface area contributed by atoms with Crippen molar-refractivity contribution in [3.63, 3.8) is 0 Å². The highest BCUT2D eigenvalue weighted by molar-refractivity contribution is 5.79. The number of aliphatic hydroxyl groups excluding tert-OH is 2. The summed E-state index contributed by atoms with van der Waals surface area (Å²) in [6, 6.07) is 10.1. The molecule has 24 heavy (non-hydrogen) atoms. The topological polar surface area (TPSA) is 60.8 Å². The van der Waals surface area contributed by atoms with Gasteiger partial charge in [0.15, 0.2) is 0 Å². The van der Waals surface area contributed by atoms with Gasteiger partial charge in [0.25, 0.3) is 0 Å². The van der Waals surface area contributed by atoms with Gasteiger partial charge in [-0.1, -0.05) is 30.3 Å². The van der Waals surface area contributed by atoms with E-state index in [1.54, 1.807) is 0 Å². The van der Waals surface area contributed by atoms with E-state index in [9.17, 15) is 15.0 Å². The van der Waals surface area contributed by atoms with Crippen molar-refractivity contribution in [1.29, 1.82) is 0 Å². The van der Waals surface area contributed by atoms with Crippen LogP contribution in [0.5, 0.6) is 0 Å². The Labute approximate surface area is 144 Å². The van der Waals surface area contributed by atoms with E-state index >= 15 is 0 Å². The van der Waals surface area contributed by atoms with Crippen LogP contribution in [0.15, 0.2) is 30.3 Å². The molecule has 1 saturated heterocycles. The third-order valence-electron chi connectivity index (χ3n) is 5.73. The number of carbonyl (C=O) groups is 1. The van der Waals surface area contributed by atoms with Gasteiger partial charge in [-0.3, -0.25) is 4.79 Å². The highest BCUT2D eigenvalue weighted by Gasteiger charge is 2.32. The van der Waals surface area contributed by atoms with Gasteiger partial charge in [-0.25, -0.2) is 0 Å². The number of amides is 1. The van der Waals surface area contributed by atoms with E-state index < -0.39 is 0 Å². The van der Waals surface area contributed by atoms with Gasteiger partial charge in [-0.2, -0.15) is 0 Å². The lowest BCUT2D eigenvalue weighted by atomic mass is 9.84. The number of hydrogen-bond acceptors (Lipinski definition) is 3. The molecule has 1 aromatic carbocycles. The molecule has 1 aromatic rings. The number of hydrogen-bond donors (Lipinski definition) is 2. The molecule has 2 aliphatic rings. The Kier molecular flexibility index (Phi) is 5.90. The zero-order chi connectivity index (χ0) is 16.9. The number of nitrogens with zero attached hydrogens (tertiary/aromatic N) is 1. The molecule has 0 radical (unpaired) electrons.